The van der Waals surface area contributed by atoms with Crippen LogP contribution in [0.25, 0.3) is 0 Å². The van der Waals surface area contributed by atoms with E-state index in [9.17, 15) is 9.59 Å². The molecular weight excluding hydrogens is 701 g/mol. The Bertz CT molecular complexity index is 1470. The number of hydrogen-bond acceptors (Lipinski definition) is 12. The molecule has 49 heavy (non-hydrogen) atoms. The maximum absolute atomic E-state index is 13.0. The molecule has 1 N–H and O–H groups in total. The molecule has 0 saturated heterocycles. The minimum absolute atomic E-state index is 0.0873. The Morgan fingerprint density at radius 2 is 0.980 bits per heavy atom. The zero-order valence-electron chi connectivity index (χ0n) is 27.4. The van der Waals surface area contributed by atoms with Crippen LogP contribution in [0, 0.1) is 0 Å². The van der Waals surface area contributed by atoms with Gasteiger partial charge in [0.05, 0.1) is 26.2 Å². The van der Waals surface area contributed by atoms with Crippen LogP contribution in [0.1, 0.15) is 25.1 Å². The first-order valence-corrected chi connectivity index (χ1v) is 19.2. The van der Waals surface area contributed by atoms with Gasteiger partial charge in [-0.15, -0.1) is 45.3 Å². The fraction of sp³-hybridized carbons (Fsp3) is 0.314. The largest absolute Gasteiger partial charge is 0.490 e. The van der Waals surface area contributed by atoms with E-state index in [1.807, 2.05) is 101 Å². The summed E-state index contributed by atoms with van der Waals surface area (Å²) in [5.74, 6) is 1.15. The number of benzene rings is 1. The lowest BCUT2D eigenvalue weighted by molar-refractivity contribution is 0.0835. The van der Waals surface area contributed by atoms with Gasteiger partial charge < -0.3 is 18.9 Å². The van der Waals surface area contributed by atoms with Gasteiger partial charge in [0.25, 0.3) is 0 Å². The number of hydrogen-bond donors (Lipinski definition) is 1. The second-order valence-electron chi connectivity index (χ2n) is 11.0. The topological polar surface area (TPSA) is 92.8 Å². The lowest BCUT2D eigenvalue weighted by Crippen LogP contribution is -2.31. The lowest BCUT2D eigenvalue weighted by Gasteiger charge is -2.21. The van der Waals surface area contributed by atoms with Crippen LogP contribution >= 0.6 is 45.3 Å². The van der Waals surface area contributed by atoms with Gasteiger partial charge in [0, 0.05) is 46.2 Å². The lowest BCUT2D eigenvalue weighted by atomic mass is 10.2. The molecule has 0 unspecified atom stereocenters. The molecule has 260 valence electrons. The van der Waals surface area contributed by atoms with Gasteiger partial charge in [0.15, 0.2) is 0 Å². The van der Waals surface area contributed by atoms with Crippen molar-refractivity contribution in [3.63, 3.8) is 0 Å². The van der Waals surface area contributed by atoms with Crippen molar-refractivity contribution in [2.45, 2.75) is 32.7 Å². The van der Waals surface area contributed by atoms with Crippen LogP contribution in [0.5, 0.6) is 11.5 Å². The summed E-state index contributed by atoms with van der Waals surface area (Å²) in [4.78, 5) is 33.8. The summed E-state index contributed by atoms with van der Waals surface area (Å²) in [6, 6.07) is 21.6. The van der Waals surface area contributed by atoms with Crippen molar-refractivity contribution in [3.8, 4) is 11.5 Å². The smallest absolute Gasteiger partial charge is 0.410 e. The molecule has 4 aromatic heterocycles. The van der Waals surface area contributed by atoms with Crippen LogP contribution < -0.4 is 14.9 Å². The first-order chi connectivity index (χ1) is 23.9. The Kier molecular flexibility index (Phi) is 14.3. The second-order valence-corrected chi connectivity index (χ2v) is 15.1. The number of ether oxygens (including phenoxy) is 4. The van der Waals surface area contributed by atoms with Crippen LogP contribution in [0.4, 0.5) is 9.59 Å². The van der Waals surface area contributed by atoms with E-state index in [0.29, 0.717) is 44.2 Å². The van der Waals surface area contributed by atoms with Crippen molar-refractivity contribution >= 4 is 57.5 Å². The average molecular weight is 741 g/mol. The minimum Gasteiger partial charge on any atom is -0.490 e. The van der Waals surface area contributed by atoms with Crippen LogP contribution in [-0.4, -0.2) is 67.5 Å². The van der Waals surface area contributed by atoms with E-state index < -0.39 is 12.2 Å². The number of nitrogens with one attached hydrogen (secondary N) is 1. The maximum Gasteiger partial charge on any atom is 0.410 e. The molecule has 0 aliphatic rings. The average Bonchev–Trinajstić information content (AvgIpc) is 3.93. The molecule has 5 rings (SSSR count). The van der Waals surface area contributed by atoms with Crippen molar-refractivity contribution in [1.82, 2.24) is 20.2 Å². The summed E-state index contributed by atoms with van der Waals surface area (Å²) in [6.45, 7) is 2.98. The van der Waals surface area contributed by atoms with Gasteiger partial charge in [0.2, 0.25) is 0 Å². The SMILES string of the molecule is CN(C)NCc1cc(OCCOC(=O)N(Cc2cccs2)Cc2cccs2)cc(OCCOC(=O)N(Cc2cccs2)Cc2cccs2)c1. The van der Waals surface area contributed by atoms with Crippen molar-refractivity contribution in [2.24, 2.45) is 0 Å². The summed E-state index contributed by atoms with van der Waals surface area (Å²) in [5.41, 5.74) is 4.19. The van der Waals surface area contributed by atoms with Crippen molar-refractivity contribution in [3.05, 3.63) is 113 Å². The number of carbonyl (C=O) groups is 2. The molecule has 2 amide bonds. The number of hydrazine groups is 1. The first-order valence-electron chi connectivity index (χ1n) is 15.6. The highest BCUT2D eigenvalue weighted by Crippen LogP contribution is 2.24. The van der Waals surface area contributed by atoms with Gasteiger partial charge in [-0.05, 0) is 63.5 Å². The highest BCUT2D eigenvalue weighted by Gasteiger charge is 2.19. The standard InChI is InChI=1S/C35H40N4O6S4/c1-37(2)36-22-27-19-28(42-11-13-44-34(40)38(23-30-7-3-15-46-30)24-31-8-4-16-47-31)21-29(20-27)43-12-14-45-35(41)39(25-32-9-5-17-48-32)26-33-10-6-18-49-33/h3-10,15-21,36H,11-14,22-26H2,1-2H3. The number of rotatable bonds is 19. The maximum atomic E-state index is 13.0. The zero-order valence-corrected chi connectivity index (χ0v) is 30.7. The third kappa shape index (κ3) is 12.5. The van der Waals surface area contributed by atoms with Crippen LogP contribution in [0.15, 0.2) is 88.3 Å². The van der Waals surface area contributed by atoms with Gasteiger partial charge in [0.1, 0.15) is 37.9 Å². The van der Waals surface area contributed by atoms with Gasteiger partial charge in [-0.2, -0.15) is 0 Å². The minimum atomic E-state index is -0.391. The molecule has 0 aliphatic carbocycles. The second kappa shape index (κ2) is 19.3. The Morgan fingerprint density at radius 3 is 1.31 bits per heavy atom. The van der Waals surface area contributed by atoms with Crippen LogP contribution in [0.2, 0.25) is 0 Å². The highest BCUT2D eigenvalue weighted by atomic mass is 32.1. The van der Waals surface area contributed by atoms with E-state index in [0.717, 1.165) is 25.1 Å². The zero-order chi connectivity index (χ0) is 34.3. The predicted octanol–water partition coefficient (Wildman–Crippen LogP) is 7.93. The number of carbonyl (C=O) groups excluding carboxylic acids is 2. The summed E-state index contributed by atoms with van der Waals surface area (Å²) < 4.78 is 23.3. The highest BCUT2D eigenvalue weighted by molar-refractivity contribution is 7.10. The first kappa shape index (κ1) is 36.4. The summed E-state index contributed by atoms with van der Waals surface area (Å²) in [5, 5.41) is 9.86. The van der Waals surface area contributed by atoms with Crippen molar-refractivity contribution in [2.75, 3.05) is 40.5 Å². The fourth-order valence-electron chi connectivity index (χ4n) is 4.64. The van der Waals surface area contributed by atoms with Gasteiger partial charge >= 0.3 is 12.2 Å². The van der Waals surface area contributed by atoms with E-state index in [4.69, 9.17) is 18.9 Å². The Balaban J connectivity index is 1.12. The van der Waals surface area contributed by atoms with Crippen molar-refractivity contribution in [1.29, 1.82) is 0 Å². The third-order valence-electron chi connectivity index (χ3n) is 6.92. The summed E-state index contributed by atoms with van der Waals surface area (Å²) in [6.07, 6.45) is -0.783. The Morgan fingerprint density at radius 1 is 0.592 bits per heavy atom. The van der Waals surface area contributed by atoms with Crippen LogP contribution in [0.3, 0.4) is 0 Å². The third-order valence-corrected chi connectivity index (χ3v) is 10.4. The quantitative estimate of drug-likeness (QED) is 0.0675. The molecule has 0 fully saturated rings. The normalized spacial score (nSPS) is 11.0. The molecule has 0 atom stereocenters. The molecule has 0 aliphatic heterocycles. The molecular formula is C35H40N4O6S4. The number of amides is 2. The monoisotopic (exact) mass is 740 g/mol. The summed E-state index contributed by atoms with van der Waals surface area (Å²) >= 11 is 6.44. The predicted molar refractivity (Wildman–Crippen MR) is 196 cm³/mol. The molecule has 1 aromatic carbocycles. The van der Waals surface area contributed by atoms with E-state index in [2.05, 4.69) is 5.43 Å². The van der Waals surface area contributed by atoms with Gasteiger partial charge in [-0.25, -0.2) is 9.59 Å². The Labute approximate surface area is 303 Å². The van der Waals surface area contributed by atoms with Gasteiger partial charge in [-0.1, -0.05) is 24.3 Å². The Hall–Kier alpha value is -3.92. The van der Waals surface area contributed by atoms with E-state index in [1.165, 1.54) is 0 Å². The number of thiophene rings is 4. The van der Waals surface area contributed by atoms with E-state index in [1.54, 1.807) is 61.2 Å². The molecule has 14 heteroatoms. The fourth-order valence-corrected chi connectivity index (χ4v) is 7.52. The molecule has 5 aromatic rings. The molecule has 0 radical (unpaired) electrons. The molecule has 0 saturated carbocycles. The summed E-state index contributed by atoms with van der Waals surface area (Å²) in [7, 11) is 3.84. The van der Waals surface area contributed by atoms with Crippen molar-refractivity contribution < 1.29 is 28.5 Å². The molecule has 0 bridgehead atoms. The van der Waals surface area contributed by atoms with E-state index in [-0.39, 0.29) is 26.4 Å². The van der Waals surface area contributed by atoms with E-state index >= 15 is 0 Å². The van der Waals surface area contributed by atoms with Gasteiger partial charge in [-0.3, -0.25) is 20.2 Å². The number of nitrogens with zero attached hydrogens (tertiary/aromatic N) is 3. The molecule has 4 heterocycles. The molecule has 10 nitrogen and oxygen atoms in total. The van der Waals surface area contributed by atoms with Crippen LogP contribution in [-0.2, 0) is 42.2 Å². The molecule has 0 spiro atoms.